The van der Waals surface area contributed by atoms with Gasteiger partial charge in [-0.3, -0.25) is 9.59 Å². The monoisotopic (exact) mass is 351 g/mol. The summed E-state index contributed by atoms with van der Waals surface area (Å²) >= 11 is 5.99. The van der Waals surface area contributed by atoms with Crippen LogP contribution >= 0.6 is 11.6 Å². The Morgan fingerprint density at radius 3 is 2.42 bits per heavy atom. The Morgan fingerprint density at radius 1 is 1.21 bits per heavy atom. The van der Waals surface area contributed by atoms with Gasteiger partial charge in [-0.15, -0.1) is 0 Å². The third-order valence-corrected chi connectivity index (χ3v) is 4.79. The Labute approximate surface area is 149 Å². The molecule has 0 aliphatic carbocycles. The van der Waals surface area contributed by atoms with Gasteiger partial charge in [0.25, 0.3) is 0 Å². The van der Waals surface area contributed by atoms with Crippen LogP contribution in [0.1, 0.15) is 25.8 Å². The third kappa shape index (κ3) is 4.71. The molecule has 6 heteroatoms. The highest BCUT2D eigenvalue weighted by molar-refractivity contribution is 6.30. The van der Waals surface area contributed by atoms with E-state index in [1.165, 1.54) is 6.92 Å². The molecule has 1 aliphatic rings. The van der Waals surface area contributed by atoms with Crippen LogP contribution in [-0.2, 0) is 9.59 Å². The van der Waals surface area contributed by atoms with Crippen molar-refractivity contribution in [2.24, 2.45) is 0 Å². The summed E-state index contributed by atoms with van der Waals surface area (Å²) in [6, 6.07) is 5.44. The molecule has 132 valence electrons. The molecule has 2 amide bonds. The Balaban J connectivity index is 1.97. The molecule has 1 saturated heterocycles. The van der Waals surface area contributed by atoms with E-state index in [4.69, 9.17) is 11.6 Å². The molecule has 1 aliphatic heterocycles. The first-order chi connectivity index (χ1) is 11.4. The van der Waals surface area contributed by atoms with Crippen molar-refractivity contribution in [1.29, 1.82) is 0 Å². The minimum atomic E-state index is -0.0657. The molecule has 2 rings (SSSR count). The number of amides is 2. The third-order valence-electron chi connectivity index (χ3n) is 4.55. The summed E-state index contributed by atoms with van der Waals surface area (Å²) in [7, 11) is 0. The molecular formula is C18H26ClN3O2. The number of hydrogen-bond donors (Lipinski definition) is 0. The molecule has 1 aromatic rings. The molecule has 0 spiro atoms. The summed E-state index contributed by atoms with van der Waals surface area (Å²) < 4.78 is 0. The summed E-state index contributed by atoms with van der Waals surface area (Å²) in [4.78, 5) is 30.3. The number of nitrogens with zero attached hydrogens (tertiary/aromatic N) is 3. The lowest BCUT2D eigenvalue weighted by molar-refractivity contribution is -0.132. The minimum Gasteiger partial charge on any atom is -0.340 e. The number of piperazine rings is 1. The van der Waals surface area contributed by atoms with E-state index in [0.29, 0.717) is 18.0 Å². The SMILES string of the molecule is CCN1CCN(C(=O)CCN(C(C)=O)c2ccc(Cl)cc2C)CC1. The van der Waals surface area contributed by atoms with Gasteiger partial charge in [-0.2, -0.15) is 0 Å². The van der Waals surface area contributed by atoms with Gasteiger partial charge in [-0.05, 0) is 37.2 Å². The van der Waals surface area contributed by atoms with Gasteiger partial charge in [-0.25, -0.2) is 0 Å². The Bertz CT molecular complexity index is 598. The summed E-state index contributed by atoms with van der Waals surface area (Å²) in [5.74, 6) is 0.0487. The van der Waals surface area contributed by atoms with E-state index in [1.54, 1.807) is 11.0 Å². The maximum absolute atomic E-state index is 12.4. The second-order valence-electron chi connectivity index (χ2n) is 6.17. The van der Waals surface area contributed by atoms with Crippen LogP contribution in [0.5, 0.6) is 0 Å². The van der Waals surface area contributed by atoms with Crippen molar-refractivity contribution in [1.82, 2.24) is 9.80 Å². The van der Waals surface area contributed by atoms with E-state index in [1.807, 2.05) is 24.0 Å². The fourth-order valence-corrected chi connectivity index (χ4v) is 3.27. The molecule has 0 bridgehead atoms. The molecule has 1 heterocycles. The second kappa shape index (κ2) is 8.49. The first-order valence-electron chi connectivity index (χ1n) is 8.46. The van der Waals surface area contributed by atoms with Crippen molar-refractivity contribution in [3.8, 4) is 0 Å². The maximum atomic E-state index is 12.4. The van der Waals surface area contributed by atoms with Gasteiger partial charge >= 0.3 is 0 Å². The Morgan fingerprint density at radius 2 is 1.88 bits per heavy atom. The van der Waals surface area contributed by atoms with Crippen LogP contribution in [0.3, 0.4) is 0 Å². The maximum Gasteiger partial charge on any atom is 0.224 e. The lowest BCUT2D eigenvalue weighted by Crippen LogP contribution is -2.49. The molecule has 0 saturated carbocycles. The second-order valence-corrected chi connectivity index (χ2v) is 6.60. The zero-order valence-electron chi connectivity index (χ0n) is 14.7. The number of anilines is 1. The fraction of sp³-hybridized carbons (Fsp3) is 0.556. The van der Waals surface area contributed by atoms with Crippen molar-refractivity contribution in [3.63, 3.8) is 0 Å². The van der Waals surface area contributed by atoms with Gasteiger partial charge in [0.05, 0.1) is 0 Å². The van der Waals surface area contributed by atoms with Crippen LogP contribution in [0.15, 0.2) is 18.2 Å². The van der Waals surface area contributed by atoms with Crippen LogP contribution in [0.25, 0.3) is 0 Å². The molecule has 0 N–H and O–H groups in total. The van der Waals surface area contributed by atoms with Crippen molar-refractivity contribution in [2.45, 2.75) is 27.2 Å². The van der Waals surface area contributed by atoms with E-state index < -0.39 is 0 Å². The first kappa shape index (κ1) is 18.7. The summed E-state index contributed by atoms with van der Waals surface area (Å²) in [6.07, 6.45) is 0.341. The zero-order chi connectivity index (χ0) is 17.7. The average Bonchev–Trinajstić information content (AvgIpc) is 2.56. The van der Waals surface area contributed by atoms with Crippen LogP contribution in [-0.4, -0.2) is 60.9 Å². The van der Waals surface area contributed by atoms with Crippen LogP contribution in [0.2, 0.25) is 5.02 Å². The molecule has 0 aromatic heterocycles. The van der Waals surface area contributed by atoms with Gasteiger partial charge in [0.2, 0.25) is 11.8 Å². The van der Waals surface area contributed by atoms with Crippen LogP contribution in [0, 0.1) is 6.92 Å². The lowest BCUT2D eigenvalue weighted by atomic mass is 10.1. The molecular weight excluding hydrogens is 326 g/mol. The number of aryl methyl sites for hydroxylation is 1. The van der Waals surface area contributed by atoms with Gasteiger partial charge in [0.1, 0.15) is 0 Å². The van der Waals surface area contributed by atoms with E-state index in [0.717, 1.165) is 44.0 Å². The lowest BCUT2D eigenvalue weighted by Gasteiger charge is -2.34. The summed E-state index contributed by atoms with van der Waals surface area (Å²) in [5, 5.41) is 0.643. The topological polar surface area (TPSA) is 43.9 Å². The minimum absolute atomic E-state index is 0.0657. The standard InChI is InChI=1S/C18H26ClN3O2/c1-4-20-9-11-21(12-10-20)18(24)7-8-22(15(3)23)17-6-5-16(19)13-14(17)2/h5-6,13H,4,7-12H2,1-3H3. The number of hydrogen-bond acceptors (Lipinski definition) is 3. The van der Waals surface area contributed by atoms with Gasteiger partial charge in [0, 0.05) is 56.8 Å². The molecule has 0 atom stereocenters. The van der Waals surface area contributed by atoms with E-state index >= 15 is 0 Å². The van der Waals surface area contributed by atoms with E-state index in [9.17, 15) is 9.59 Å². The van der Waals surface area contributed by atoms with E-state index in [2.05, 4.69) is 11.8 Å². The van der Waals surface area contributed by atoms with Gasteiger partial charge in [0.15, 0.2) is 0 Å². The summed E-state index contributed by atoms with van der Waals surface area (Å²) in [5.41, 5.74) is 1.75. The predicted octanol–water partition coefficient (Wildman–Crippen LogP) is 2.56. The quantitative estimate of drug-likeness (QED) is 0.819. The zero-order valence-corrected chi connectivity index (χ0v) is 15.5. The normalized spacial score (nSPS) is 15.4. The number of rotatable bonds is 5. The number of likely N-dealkylation sites (N-methyl/N-ethyl adjacent to an activating group) is 1. The number of benzene rings is 1. The first-order valence-corrected chi connectivity index (χ1v) is 8.84. The molecule has 1 aromatic carbocycles. The molecule has 24 heavy (non-hydrogen) atoms. The van der Waals surface area contributed by atoms with E-state index in [-0.39, 0.29) is 11.8 Å². The van der Waals surface area contributed by atoms with Gasteiger partial charge < -0.3 is 14.7 Å². The van der Waals surface area contributed by atoms with Crippen LogP contribution < -0.4 is 4.90 Å². The molecule has 0 unspecified atom stereocenters. The largest absolute Gasteiger partial charge is 0.340 e. The van der Waals surface area contributed by atoms with Crippen molar-refractivity contribution in [2.75, 3.05) is 44.2 Å². The molecule has 5 nitrogen and oxygen atoms in total. The smallest absolute Gasteiger partial charge is 0.224 e. The highest BCUT2D eigenvalue weighted by Gasteiger charge is 2.22. The predicted molar refractivity (Wildman–Crippen MR) is 97.5 cm³/mol. The average molecular weight is 352 g/mol. The fourth-order valence-electron chi connectivity index (χ4n) is 3.05. The Kier molecular flexibility index (Phi) is 6.63. The van der Waals surface area contributed by atoms with Crippen molar-refractivity contribution in [3.05, 3.63) is 28.8 Å². The highest BCUT2D eigenvalue weighted by atomic mass is 35.5. The van der Waals surface area contributed by atoms with Gasteiger partial charge in [-0.1, -0.05) is 18.5 Å². The van der Waals surface area contributed by atoms with Crippen LogP contribution in [0.4, 0.5) is 5.69 Å². The summed E-state index contributed by atoms with van der Waals surface area (Å²) in [6.45, 7) is 10.4. The number of halogens is 1. The molecule has 0 radical (unpaired) electrons. The number of carbonyl (C=O) groups excluding carboxylic acids is 2. The number of carbonyl (C=O) groups is 2. The van der Waals surface area contributed by atoms with Crippen molar-refractivity contribution >= 4 is 29.1 Å². The highest BCUT2D eigenvalue weighted by Crippen LogP contribution is 2.24. The molecule has 1 fully saturated rings. The van der Waals surface area contributed by atoms with Crippen molar-refractivity contribution < 1.29 is 9.59 Å². The Hall–Kier alpha value is -1.59.